The van der Waals surface area contributed by atoms with Gasteiger partial charge in [-0.2, -0.15) is 0 Å². The van der Waals surface area contributed by atoms with E-state index in [0.717, 1.165) is 24.0 Å². The molecule has 0 aliphatic carbocycles. The van der Waals surface area contributed by atoms with E-state index in [-0.39, 0.29) is 18.3 Å². The van der Waals surface area contributed by atoms with Crippen LogP contribution >= 0.6 is 68.1 Å². The molecule has 0 radical (unpaired) electrons. The number of rotatable bonds is 9. The maximum atomic E-state index is 14.1. The summed E-state index contributed by atoms with van der Waals surface area (Å²) in [5.41, 5.74) is 3.08. The lowest BCUT2D eigenvalue weighted by Crippen LogP contribution is -2.40. The molecule has 1 aliphatic rings. The fraction of sp³-hybridized carbons (Fsp3) is 0.242. The standard InChI is InChI=1S/C33H29ClI2N2O5S/c1-5-41-32(40)28-19(4)37-33-38(29(28)23-11-6-7-12-26(23)43-18(2)3)31(39)27(44-33)16-21-14-24(35)30(25(36)15-21)42-17-20-9-8-10-22(34)13-20/h6-16,18,29H,5,17H2,1-4H3/b27-16-/t29-/m1/s1. The van der Waals surface area contributed by atoms with Gasteiger partial charge in [0.25, 0.3) is 5.56 Å². The maximum absolute atomic E-state index is 14.1. The Morgan fingerprint density at radius 1 is 1.11 bits per heavy atom. The Labute approximate surface area is 291 Å². The summed E-state index contributed by atoms with van der Waals surface area (Å²) in [5, 5.41) is 0.662. The zero-order chi connectivity index (χ0) is 31.5. The molecule has 228 valence electrons. The molecule has 0 spiro atoms. The van der Waals surface area contributed by atoms with Crippen molar-refractivity contribution in [3.63, 3.8) is 0 Å². The van der Waals surface area contributed by atoms with Crippen molar-refractivity contribution in [1.29, 1.82) is 0 Å². The largest absolute Gasteiger partial charge is 0.491 e. The van der Waals surface area contributed by atoms with Gasteiger partial charge in [0.2, 0.25) is 0 Å². The predicted molar refractivity (Wildman–Crippen MR) is 190 cm³/mol. The summed E-state index contributed by atoms with van der Waals surface area (Å²) < 4.78 is 21.6. The summed E-state index contributed by atoms with van der Waals surface area (Å²) in [5.74, 6) is 0.849. The molecule has 1 aromatic heterocycles. The molecular weight excluding hydrogens is 826 g/mol. The molecule has 0 fully saturated rings. The van der Waals surface area contributed by atoms with Crippen LogP contribution in [0.25, 0.3) is 6.08 Å². The van der Waals surface area contributed by atoms with E-state index in [1.807, 2.05) is 80.6 Å². The fourth-order valence-electron chi connectivity index (χ4n) is 4.89. The number of esters is 1. The minimum Gasteiger partial charge on any atom is -0.491 e. The maximum Gasteiger partial charge on any atom is 0.338 e. The number of hydrogen-bond acceptors (Lipinski definition) is 7. The second-order valence-corrected chi connectivity index (χ2v) is 14.0. The molecule has 44 heavy (non-hydrogen) atoms. The van der Waals surface area contributed by atoms with Crippen LogP contribution in [-0.2, 0) is 16.1 Å². The average Bonchev–Trinajstić information content (AvgIpc) is 3.26. The molecule has 1 atom stereocenters. The van der Waals surface area contributed by atoms with Crippen LogP contribution in [0.3, 0.4) is 0 Å². The summed E-state index contributed by atoms with van der Waals surface area (Å²) in [4.78, 5) is 32.6. The normalized spacial score (nSPS) is 14.8. The molecular formula is C33H29ClI2N2O5S. The number of allylic oxidation sites excluding steroid dienone is 1. The van der Waals surface area contributed by atoms with Crippen LogP contribution in [0.1, 0.15) is 50.4 Å². The number of para-hydroxylation sites is 1. The van der Waals surface area contributed by atoms with E-state index in [0.29, 0.717) is 43.5 Å². The lowest BCUT2D eigenvalue weighted by atomic mass is 9.95. The van der Waals surface area contributed by atoms with Crippen LogP contribution in [0, 0.1) is 7.14 Å². The Kier molecular flexibility index (Phi) is 10.5. The molecule has 0 saturated carbocycles. The summed E-state index contributed by atoms with van der Waals surface area (Å²) in [7, 11) is 0. The number of carbonyl (C=O) groups excluding carboxylic acids is 1. The van der Waals surface area contributed by atoms with Crippen LogP contribution in [-0.4, -0.2) is 23.2 Å². The van der Waals surface area contributed by atoms with Crippen molar-refractivity contribution in [2.24, 2.45) is 4.99 Å². The highest BCUT2D eigenvalue weighted by molar-refractivity contribution is 14.1. The van der Waals surface area contributed by atoms with Crippen molar-refractivity contribution in [1.82, 2.24) is 4.57 Å². The van der Waals surface area contributed by atoms with Crippen molar-refractivity contribution >= 4 is 80.2 Å². The summed E-state index contributed by atoms with van der Waals surface area (Å²) >= 11 is 11.9. The fourth-order valence-corrected chi connectivity index (χ4v) is 8.27. The lowest BCUT2D eigenvalue weighted by molar-refractivity contribution is -0.139. The second kappa shape index (κ2) is 14.2. The molecule has 3 aromatic carbocycles. The number of ether oxygens (including phenoxy) is 3. The zero-order valence-electron chi connectivity index (χ0n) is 24.4. The Hall–Kier alpha value is -2.68. The van der Waals surface area contributed by atoms with Gasteiger partial charge in [-0.25, -0.2) is 9.79 Å². The van der Waals surface area contributed by atoms with Crippen molar-refractivity contribution in [2.45, 2.75) is 46.4 Å². The Bertz CT molecular complexity index is 1930. The van der Waals surface area contributed by atoms with Crippen LogP contribution < -0.4 is 24.4 Å². The molecule has 0 bridgehead atoms. The van der Waals surface area contributed by atoms with Gasteiger partial charge in [0.05, 0.1) is 35.7 Å². The number of benzene rings is 3. The molecule has 0 saturated heterocycles. The van der Waals surface area contributed by atoms with Gasteiger partial charge in [0.1, 0.15) is 24.1 Å². The molecule has 7 nitrogen and oxygen atoms in total. The Balaban J connectivity index is 1.59. The van der Waals surface area contributed by atoms with Crippen LogP contribution in [0.4, 0.5) is 0 Å². The monoisotopic (exact) mass is 854 g/mol. The first-order valence-electron chi connectivity index (χ1n) is 13.9. The van der Waals surface area contributed by atoms with Gasteiger partial charge < -0.3 is 14.2 Å². The first-order valence-corrected chi connectivity index (χ1v) is 17.2. The van der Waals surface area contributed by atoms with Crippen molar-refractivity contribution in [2.75, 3.05) is 6.61 Å². The van der Waals surface area contributed by atoms with Gasteiger partial charge in [-0.3, -0.25) is 9.36 Å². The van der Waals surface area contributed by atoms with Gasteiger partial charge >= 0.3 is 5.97 Å². The van der Waals surface area contributed by atoms with Crippen molar-refractivity contribution < 1.29 is 19.0 Å². The van der Waals surface area contributed by atoms with Crippen LogP contribution in [0.2, 0.25) is 5.02 Å². The van der Waals surface area contributed by atoms with Crippen molar-refractivity contribution in [3.8, 4) is 11.5 Å². The number of aromatic nitrogens is 1. The molecule has 0 N–H and O–H groups in total. The Morgan fingerprint density at radius 3 is 2.52 bits per heavy atom. The van der Waals surface area contributed by atoms with Gasteiger partial charge in [-0.15, -0.1) is 0 Å². The summed E-state index contributed by atoms with van der Waals surface area (Å²) in [6.07, 6.45) is 1.75. The number of nitrogens with zero attached hydrogens (tertiary/aromatic N) is 2. The van der Waals surface area contributed by atoms with Crippen LogP contribution in [0.5, 0.6) is 11.5 Å². The van der Waals surface area contributed by atoms with E-state index >= 15 is 0 Å². The van der Waals surface area contributed by atoms with Crippen LogP contribution in [0.15, 0.2) is 81.7 Å². The zero-order valence-corrected chi connectivity index (χ0v) is 30.3. The topological polar surface area (TPSA) is 79.1 Å². The highest BCUT2D eigenvalue weighted by atomic mass is 127. The van der Waals surface area contributed by atoms with E-state index in [1.54, 1.807) is 18.4 Å². The minimum absolute atomic E-state index is 0.106. The summed E-state index contributed by atoms with van der Waals surface area (Å²) in [6.45, 7) is 7.98. The van der Waals surface area contributed by atoms with Gasteiger partial charge in [0.15, 0.2) is 4.80 Å². The third kappa shape index (κ3) is 7.08. The lowest BCUT2D eigenvalue weighted by Gasteiger charge is -2.26. The highest BCUT2D eigenvalue weighted by Crippen LogP contribution is 2.36. The first-order chi connectivity index (χ1) is 21.1. The van der Waals surface area contributed by atoms with E-state index < -0.39 is 12.0 Å². The quantitative estimate of drug-likeness (QED) is 0.134. The predicted octanol–water partition coefficient (Wildman–Crippen LogP) is 7.03. The minimum atomic E-state index is -0.759. The molecule has 1 aliphatic heterocycles. The van der Waals surface area contributed by atoms with Gasteiger partial charge in [-0.05, 0) is 120 Å². The second-order valence-electron chi connectivity index (χ2n) is 10.2. The smallest absolute Gasteiger partial charge is 0.338 e. The van der Waals surface area contributed by atoms with E-state index in [1.165, 1.54) is 11.3 Å². The Morgan fingerprint density at radius 2 is 1.84 bits per heavy atom. The number of fused-ring (bicyclic) bond motifs is 1. The molecule has 5 rings (SSSR count). The molecule has 11 heteroatoms. The first kappa shape index (κ1) is 32.7. The SMILES string of the molecule is CCOC(=O)C1=C(C)N=c2s/c(=C\c3cc(I)c(OCc4cccc(Cl)c4)c(I)c3)c(=O)n2[C@@H]1c1ccccc1OC(C)C. The van der Waals surface area contributed by atoms with E-state index in [4.69, 9.17) is 30.8 Å². The number of hydrogen-bond donors (Lipinski definition) is 0. The van der Waals surface area contributed by atoms with Crippen molar-refractivity contribution in [3.05, 3.63) is 120 Å². The number of thiazole rings is 1. The number of carbonyl (C=O) groups is 1. The molecule has 0 amide bonds. The number of halogens is 3. The average molecular weight is 855 g/mol. The van der Waals surface area contributed by atoms with E-state index in [2.05, 4.69) is 45.2 Å². The summed E-state index contributed by atoms with van der Waals surface area (Å²) in [6, 6.07) is 18.2. The molecule has 2 heterocycles. The van der Waals surface area contributed by atoms with Gasteiger partial charge in [0, 0.05) is 10.6 Å². The van der Waals surface area contributed by atoms with Gasteiger partial charge in [-0.1, -0.05) is 53.3 Å². The van der Waals surface area contributed by atoms with E-state index in [9.17, 15) is 9.59 Å². The molecule has 0 unspecified atom stereocenters. The third-order valence-corrected chi connectivity index (χ3v) is 9.50. The third-order valence-electron chi connectivity index (χ3n) is 6.68. The highest BCUT2D eigenvalue weighted by Gasteiger charge is 2.35. The molecule has 4 aromatic rings.